The molecule has 0 aliphatic carbocycles. The Morgan fingerprint density at radius 1 is 1.20 bits per heavy atom. The minimum atomic E-state index is -0.213. The van der Waals surface area contributed by atoms with Crippen LogP contribution in [0.15, 0.2) is 52.2 Å². The van der Waals surface area contributed by atoms with Crippen LogP contribution >= 0.6 is 11.8 Å². The lowest BCUT2D eigenvalue weighted by Gasteiger charge is -2.21. The monoisotopic (exact) mass is 427 g/mol. The highest BCUT2D eigenvalue weighted by Crippen LogP contribution is 2.23. The quantitative estimate of drug-likeness (QED) is 0.527. The molecule has 2 aromatic heterocycles. The standard InChI is InChI=1S/C21H25N5O3S/c1-4-11-26(13-18(27)22-16-9-6-5-8-15(16)2)19(28)14-30-21-24-23-20(25(21)3)17-10-7-12-29-17/h5-10,12H,4,11,13-14H2,1-3H3,(H,22,27). The maximum Gasteiger partial charge on any atom is 0.244 e. The van der Waals surface area contributed by atoms with Gasteiger partial charge < -0.3 is 19.2 Å². The van der Waals surface area contributed by atoms with Gasteiger partial charge in [0.15, 0.2) is 16.7 Å². The Kier molecular flexibility index (Phi) is 7.29. The van der Waals surface area contributed by atoms with Crippen LogP contribution in [-0.4, -0.2) is 50.3 Å². The molecule has 0 atom stereocenters. The summed E-state index contributed by atoms with van der Waals surface area (Å²) in [5.74, 6) is 1.04. The molecule has 0 radical (unpaired) electrons. The van der Waals surface area contributed by atoms with Crippen LogP contribution in [0.3, 0.4) is 0 Å². The van der Waals surface area contributed by atoms with Gasteiger partial charge in [0.1, 0.15) is 0 Å². The van der Waals surface area contributed by atoms with E-state index in [4.69, 9.17) is 4.42 Å². The second-order valence-electron chi connectivity index (χ2n) is 6.81. The van der Waals surface area contributed by atoms with E-state index in [1.807, 2.05) is 45.2 Å². The number of aromatic nitrogens is 3. The van der Waals surface area contributed by atoms with Crippen molar-refractivity contribution < 1.29 is 14.0 Å². The molecule has 0 saturated carbocycles. The first-order valence-electron chi connectivity index (χ1n) is 9.69. The molecule has 3 aromatic rings. The highest BCUT2D eigenvalue weighted by Gasteiger charge is 2.19. The molecule has 0 aliphatic rings. The van der Waals surface area contributed by atoms with Gasteiger partial charge in [0.25, 0.3) is 0 Å². The minimum absolute atomic E-state index is 0.0119. The van der Waals surface area contributed by atoms with Gasteiger partial charge in [-0.2, -0.15) is 0 Å². The highest BCUT2D eigenvalue weighted by atomic mass is 32.2. The normalized spacial score (nSPS) is 10.8. The van der Waals surface area contributed by atoms with Crippen LogP contribution in [0.2, 0.25) is 0 Å². The molecule has 158 valence electrons. The Balaban J connectivity index is 1.59. The van der Waals surface area contributed by atoms with Crippen molar-refractivity contribution in [1.82, 2.24) is 19.7 Å². The lowest BCUT2D eigenvalue weighted by Crippen LogP contribution is -2.39. The number of nitrogens with one attached hydrogen (secondary N) is 1. The molecule has 0 spiro atoms. The van der Waals surface area contributed by atoms with Gasteiger partial charge >= 0.3 is 0 Å². The molecule has 30 heavy (non-hydrogen) atoms. The van der Waals surface area contributed by atoms with Gasteiger partial charge in [-0.25, -0.2) is 0 Å². The van der Waals surface area contributed by atoms with E-state index in [0.29, 0.717) is 23.3 Å². The number of rotatable bonds is 9. The first kappa shape index (κ1) is 21.6. The van der Waals surface area contributed by atoms with Gasteiger partial charge in [0.2, 0.25) is 11.8 Å². The molecule has 3 rings (SSSR count). The lowest BCUT2D eigenvalue weighted by molar-refractivity contribution is -0.132. The second-order valence-corrected chi connectivity index (χ2v) is 7.75. The molecule has 0 unspecified atom stereocenters. The van der Waals surface area contributed by atoms with Gasteiger partial charge in [-0.3, -0.25) is 9.59 Å². The maximum absolute atomic E-state index is 12.8. The number of aryl methyl sites for hydroxylation is 1. The fraction of sp³-hybridized carbons (Fsp3) is 0.333. The molecule has 2 heterocycles. The summed E-state index contributed by atoms with van der Waals surface area (Å²) in [5.41, 5.74) is 1.73. The van der Waals surface area contributed by atoms with Crippen LogP contribution in [-0.2, 0) is 16.6 Å². The molecular formula is C21H25N5O3S. The number of nitrogens with zero attached hydrogens (tertiary/aromatic N) is 4. The largest absolute Gasteiger partial charge is 0.461 e. The van der Waals surface area contributed by atoms with E-state index in [1.165, 1.54) is 11.8 Å². The van der Waals surface area contributed by atoms with Crippen LogP contribution < -0.4 is 5.32 Å². The molecule has 0 fully saturated rings. The van der Waals surface area contributed by atoms with E-state index in [-0.39, 0.29) is 24.1 Å². The zero-order valence-corrected chi connectivity index (χ0v) is 18.1. The first-order chi connectivity index (χ1) is 14.5. The van der Waals surface area contributed by atoms with Crippen molar-refractivity contribution in [2.45, 2.75) is 25.4 Å². The van der Waals surface area contributed by atoms with Crippen LogP contribution in [0, 0.1) is 6.92 Å². The summed E-state index contributed by atoms with van der Waals surface area (Å²) in [6, 6.07) is 11.1. The lowest BCUT2D eigenvalue weighted by atomic mass is 10.2. The summed E-state index contributed by atoms with van der Waals surface area (Å²) in [7, 11) is 1.82. The van der Waals surface area contributed by atoms with Gasteiger partial charge in [0.05, 0.1) is 18.6 Å². The Bertz CT molecular complexity index is 1000. The van der Waals surface area contributed by atoms with E-state index in [2.05, 4.69) is 15.5 Å². The minimum Gasteiger partial charge on any atom is -0.461 e. The van der Waals surface area contributed by atoms with Gasteiger partial charge in [-0.05, 0) is 37.1 Å². The van der Waals surface area contributed by atoms with Crippen molar-refractivity contribution >= 4 is 29.3 Å². The molecule has 0 bridgehead atoms. The number of thioether (sulfide) groups is 1. The van der Waals surface area contributed by atoms with Gasteiger partial charge in [0, 0.05) is 19.3 Å². The second kappa shape index (κ2) is 10.1. The van der Waals surface area contributed by atoms with Crippen molar-refractivity contribution in [3.05, 3.63) is 48.2 Å². The number of carbonyl (C=O) groups is 2. The van der Waals surface area contributed by atoms with Crippen LogP contribution in [0.25, 0.3) is 11.6 Å². The number of amides is 2. The smallest absolute Gasteiger partial charge is 0.244 e. The summed E-state index contributed by atoms with van der Waals surface area (Å²) in [6.07, 6.45) is 2.34. The third-order valence-electron chi connectivity index (χ3n) is 4.50. The van der Waals surface area contributed by atoms with E-state index in [1.54, 1.807) is 27.9 Å². The summed E-state index contributed by atoms with van der Waals surface area (Å²) >= 11 is 1.29. The topological polar surface area (TPSA) is 93.3 Å². The maximum atomic E-state index is 12.8. The molecular weight excluding hydrogens is 402 g/mol. The molecule has 1 N–H and O–H groups in total. The Morgan fingerprint density at radius 3 is 2.70 bits per heavy atom. The van der Waals surface area contributed by atoms with Crippen molar-refractivity contribution in [1.29, 1.82) is 0 Å². The van der Waals surface area contributed by atoms with Crippen LogP contribution in [0.4, 0.5) is 5.69 Å². The summed E-state index contributed by atoms with van der Waals surface area (Å²) in [4.78, 5) is 26.8. The van der Waals surface area contributed by atoms with Crippen molar-refractivity contribution in [3.8, 4) is 11.6 Å². The Morgan fingerprint density at radius 2 is 2.00 bits per heavy atom. The molecule has 9 heteroatoms. The SMILES string of the molecule is CCCN(CC(=O)Nc1ccccc1C)C(=O)CSc1nnc(-c2ccco2)n1C. The number of furan rings is 1. The van der Waals surface area contributed by atoms with Crippen molar-refractivity contribution in [2.75, 3.05) is 24.2 Å². The predicted molar refractivity (Wildman–Crippen MR) is 116 cm³/mol. The van der Waals surface area contributed by atoms with Crippen molar-refractivity contribution in [2.24, 2.45) is 7.05 Å². The van der Waals surface area contributed by atoms with E-state index < -0.39 is 0 Å². The number of benzene rings is 1. The summed E-state index contributed by atoms with van der Waals surface area (Å²) in [5, 5.41) is 11.8. The van der Waals surface area contributed by atoms with Crippen molar-refractivity contribution in [3.63, 3.8) is 0 Å². The third kappa shape index (κ3) is 5.29. The fourth-order valence-electron chi connectivity index (χ4n) is 2.92. The highest BCUT2D eigenvalue weighted by molar-refractivity contribution is 7.99. The summed E-state index contributed by atoms with van der Waals surface area (Å²) in [6.45, 7) is 4.43. The number of hydrogen-bond donors (Lipinski definition) is 1. The average molecular weight is 428 g/mol. The zero-order valence-electron chi connectivity index (χ0n) is 17.3. The molecule has 0 aliphatic heterocycles. The number of hydrogen-bond acceptors (Lipinski definition) is 6. The Hall–Kier alpha value is -3.07. The Labute approximate surface area is 179 Å². The van der Waals surface area contributed by atoms with Gasteiger partial charge in [-0.1, -0.05) is 36.9 Å². The van der Waals surface area contributed by atoms with E-state index in [0.717, 1.165) is 17.7 Å². The summed E-state index contributed by atoms with van der Waals surface area (Å²) < 4.78 is 7.14. The van der Waals surface area contributed by atoms with Crippen LogP contribution in [0.5, 0.6) is 0 Å². The molecule has 0 saturated heterocycles. The van der Waals surface area contributed by atoms with E-state index >= 15 is 0 Å². The zero-order chi connectivity index (χ0) is 21.5. The van der Waals surface area contributed by atoms with Gasteiger partial charge in [-0.15, -0.1) is 10.2 Å². The third-order valence-corrected chi connectivity index (χ3v) is 5.51. The molecule has 2 amide bonds. The fourth-order valence-corrected chi connectivity index (χ4v) is 3.73. The molecule has 1 aromatic carbocycles. The molecule has 8 nitrogen and oxygen atoms in total. The number of para-hydroxylation sites is 1. The van der Waals surface area contributed by atoms with Crippen LogP contribution in [0.1, 0.15) is 18.9 Å². The number of anilines is 1. The average Bonchev–Trinajstić information content (AvgIpc) is 3.37. The predicted octanol–water partition coefficient (Wildman–Crippen LogP) is 3.35. The van der Waals surface area contributed by atoms with E-state index in [9.17, 15) is 9.59 Å². The number of carbonyl (C=O) groups excluding carboxylic acids is 2. The first-order valence-corrected chi connectivity index (χ1v) is 10.7.